The van der Waals surface area contributed by atoms with Gasteiger partial charge in [0.1, 0.15) is 12.2 Å². The molecule has 0 aliphatic carbocycles. The summed E-state index contributed by atoms with van der Waals surface area (Å²) in [6.45, 7) is 6.48. The van der Waals surface area contributed by atoms with Crippen LogP contribution < -0.4 is 5.32 Å². The molecular formula is C11H22N4. The molecular weight excluding hydrogens is 188 g/mol. The van der Waals surface area contributed by atoms with E-state index in [1.54, 1.807) is 6.33 Å². The molecule has 0 bridgehead atoms. The third kappa shape index (κ3) is 4.00. The molecule has 15 heavy (non-hydrogen) atoms. The van der Waals surface area contributed by atoms with Crippen LogP contribution >= 0.6 is 0 Å². The van der Waals surface area contributed by atoms with Crippen LogP contribution in [0.1, 0.15) is 32.5 Å². The number of aromatic nitrogens is 3. The Kier molecular flexibility index (Phi) is 5.32. The molecule has 4 nitrogen and oxygen atoms in total. The fourth-order valence-electron chi connectivity index (χ4n) is 1.71. The second kappa shape index (κ2) is 6.56. The third-order valence-electron chi connectivity index (χ3n) is 2.54. The summed E-state index contributed by atoms with van der Waals surface area (Å²) in [7, 11) is 2.00. The molecule has 1 N–H and O–H groups in total. The molecule has 0 spiro atoms. The van der Waals surface area contributed by atoms with E-state index in [1.807, 2.05) is 11.7 Å². The van der Waals surface area contributed by atoms with Crippen LogP contribution in [0.2, 0.25) is 0 Å². The van der Waals surface area contributed by atoms with Crippen LogP contribution in [0.15, 0.2) is 6.33 Å². The first-order valence-corrected chi connectivity index (χ1v) is 5.79. The van der Waals surface area contributed by atoms with Gasteiger partial charge in [-0.15, -0.1) is 0 Å². The highest BCUT2D eigenvalue weighted by Gasteiger charge is 2.06. The van der Waals surface area contributed by atoms with E-state index in [4.69, 9.17) is 0 Å². The highest BCUT2D eigenvalue weighted by Crippen LogP contribution is 2.06. The van der Waals surface area contributed by atoms with E-state index < -0.39 is 0 Å². The lowest BCUT2D eigenvalue weighted by Crippen LogP contribution is -2.17. The third-order valence-corrected chi connectivity index (χ3v) is 2.54. The highest BCUT2D eigenvalue weighted by molar-refractivity contribution is 4.85. The van der Waals surface area contributed by atoms with Crippen molar-refractivity contribution in [2.45, 2.75) is 39.7 Å². The molecule has 0 aromatic carbocycles. The van der Waals surface area contributed by atoms with Crippen molar-refractivity contribution in [3.8, 4) is 0 Å². The van der Waals surface area contributed by atoms with Gasteiger partial charge in [0.15, 0.2) is 0 Å². The standard InChI is InChI=1S/C11H22N4/c1-4-7-15-11(13-9-14-15)6-5-10(2)8-12-3/h9-10,12H,4-8H2,1-3H3. The Balaban J connectivity index is 2.39. The number of hydrogen-bond donors (Lipinski definition) is 1. The second-order valence-corrected chi connectivity index (χ2v) is 4.10. The topological polar surface area (TPSA) is 42.7 Å². The Morgan fingerprint density at radius 3 is 3.00 bits per heavy atom. The fourth-order valence-corrected chi connectivity index (χ4v) is 1.71. The molecule has 86 valence electrons. The number of hydrogen-bond acceptors (Lipinski definition) is 3. The lowest BCUT2D eigenvalue weighted by molar-refractivity contribution is 0.481. The zero-order chi connectivity index (χ0) is 11.1. The number of nitrogens with zero attached hydrogens (tertiary/aromatic N) is 3. The van der Waals surface area contributed by atoms with Crippen LogP contribution in [0, 0.1) is 5.92 Å². The van der Waals surface area contributed by atoms with Gasteiger partial charge in [-0.1, -0.05) is 13.8 Å². The van der Waals surface area contributed by atoms with Gasteiger partial charge in [0.25, 0.3) is 0 Å². The maximum Gasteiger partial charge on any atom is 0.138 e. The van der Waals surface area contributed by atoms with Crippen molar-refractivity contribution in [3.63, 3.8) is 0 Å². The van der Waals surface area contributed by atoms with Gasteiger partial charge in [0.05, 0.1) is 0 Å². The van der Waals surface area contributed by atoms with Crippen molar-refractivity contribution >= 4 is 0 Å². The van der Waals surface area contributed by atoms with Crippen LogP contribution in [0.25, 0.3) is 0 Å². The molecule has 1 aromatic heterocycles. The molecule has 4 heteroatoms. The Morgan fingerprint density at radius 2 is 2.33 bits per heavy atom. The van der Waals surface area contributed by atoms with Crippen molar-refractivity contribution in [2.75, 3.05) is 13.6 Å². The van der Waals surface area contributed by atoms with E-state index in [0.717, 1.165) is 31.8 Å². The second-order valence-electron chi connectivity index (χ2n) is 4.10. The first kappa shape index (κ1) is 12.2. The number of nitrogens with one attached hydrogen (secondary N) is 1. The summed E-state index contributed by atoms with van der Waals surface area (Å²) in [4.78, 5) is 4.30. The van der Waals surface area contributed by atoms with Crippen LogP contribution in [0.4, 0.5) is 0 Å². The zero-order valence-corrected chi connectivity index (χ0v) is 10.0. The van der Waals surface area contributed by atoms with Crippen LogP contribution in [0.5, 0.6) is 0 Å². The quantitative estimate of drug-likeness (QED) is 0.741. The van der Waals surface area contributed by atoms with E-state index in [0.29, 0.717) is 5.92 Å². The molecule has 0 aliphatic heterocycles. The Morgan fingerprint density at radius 1 is 1.53 bits per heavy atom. The van der Waals surface area contributed by atoms with E-state index in [1.165, 1.54) is 6.42 Å². The number of aryl methyl sites for hydroxylation is 2. The van der Waals surface area contributed by atoms with Gasteiger partial charge in [-0.05, 0) is 32.4 Å². The SMILES string of the molecule is CCCn1ncnc1CCC(C)CNC. The molecule has 1 aromatic rings. The predicted octanol–water partition coefficient (Wildman–Crippen LogP) is 1.48. The minimum Gasteiger partial charge on any atom is -0.319 e. The average Bonchev–Trinajstić information content (AvgIpc) is 2.64. The van der Waals surface area contributed by atoms with Gasteiger partial charge in [-0.2, -0.15) is 5.10 Å². The Bertz CT molecular complexity index is 269. The van der Waals surface area contributed by atoms with Gasteiger partial charge in [-0.3, -0.25) is 4.68 Å². The summed E-state index contributed by atoms with van der Waals surface area (Å²) in [5.41, 5.74) is 0. The van der Waals surface area contributed by atoms with E-state index >= 15 is 0 Å². The van der Waals surface area contributed by atoms with Crippen LogP contribution in [-0.4, -0.2) is 28.4 Å². The van der Waals surface area contributed by atoms with E-state index in [-0.39, 0.29) is 0 Å². The van der Waals surface area contributed by atoms with Gasteiger partial charge in [-0.25, -0.2) is 4.98 Å². The minimum absolute atomic E-state index is 0.696. The molecule has 0 aliphatic rings. The summed E-state index contributed by atoms with van der Waals surface area (Å²) in [5, 5.41) is 7.41. The Labute approximate surface area is 92.1 Å². The summed E-state index contributed by atoms with van der Waals surface area (Å²) in [6.07, 6.45) is 4.97. The van der Waals surface area contributed by atoms with Gasteiger partial charge in [0, 0.05) is 13.0 Å². The van der Waals surface area contributed by atoms with Gasteiger partial charge in [0.2, 0.25) is 0 Å². The first-order chi connectivity index (χ1) is 7.27. The zero-order valence-electron chi connectivity index (χ0n) is 10.0. The molecule has 1 unspecified atom stereocenters. The van der Waals surface area contributed by atoms with Gasteiger partial charge >= 0.3 is 0 Å². The predicted molar refractivity (Wildman–Crippen MR) is 61.7 cm³/mol. The largest absolute Gasteiger partial charge is 0.319 e. The lowest BCUT2D eigenvalue weighted by Gasteiger charge is -2.10. The maximum atomic E-state index is 4.30. The van der Waals surface area contributed by atoms with Crippen molar-refractivity contribution in [2.24, 2.45) is 5.92 Å². The van der Waals surface area contributed by atoms with Crippen molar-refractivity contribution in [1.29, 1.82) is 0 Å². The van der Waals surface area contributed by atoms with Crippen LogP contribution in [-0.2, 0) is 13.0 Å². The van der Waals surface area contributed by atoms with Gasteiger partial charge < -0.3 is 5.32 Å². The molecule has 0 saturated carbocycles. The fraction of sp³-hybridized carbons (Fsp3) is 0.818. The van der Waals surface area contributed by atoms with Crippen molar-refractivity contribution in [1.82, 2.24) is 20.1 Å². The average molecular weight is 210 g/mol. The molecule has 0 amide bonds. The summed E-state index contributed by atoms with van der Waals surface area (Å²) in [6, 6.07) is 0. The minimum atomic E-state index is 0.696. The van der Waals surface area contributed by atoms with Crippen molar-refractivity contribution < 1.29 is 0 Å². The van der Waals surface area contributed by atoms with Crippen LogP contribution in [0.3, 0.4) is 0 Å². The molecule has 0 radical (unpaired) electrons. The summed E-state index contributed by atoms with van der Waals surface area (Å²) < 4.78 is 2.02. The smallest absolute Gasteiger partial charge is 0.138 e. The van der Waals surface area contributed by atoms with Crippen molar-refractivity contribution in [3.05, 3.63) is 12.2 Å². The molecule has 1 atom stereocenters. The molecule has 1 heterocycles. The maximum absolute atomic E-state index is 4.30. The summed E-state index contributed by atoms with van der Waals surface area (Å²) in [5.74, 6) is 1.82. The van der Waals surface area contributed by atoms with E-state index in [2.05, 4.69) is 29.2 Å². The Hall–Kier alpha value is -0.900. The summed E-state index contributed by atoms with van der Waals surface area (Å²) >= 11 is 0. The monoisotopic (exact) mass is 210 g/mol. The highest BCUT2D eigenvalue weighted by atomic mass is 15.3. The number of rotatable bonds is 7. The molecule has 0 saturated heterocycles. The first-order valence-electron chi connectivity index (χ1n) is 5.79. The molecule has 1 rings (SSSR count). The van der Waals surface area contributed by atoms with E-state index in [9.17, 15) is 0 Å². The lowest BCUT2D eigenvalue weighted by atomic mass is 10.1. The molecule has 0 fully saturated rings. The normalized spacial score (nSPS) is 13.0.